The quantitative estimate of drug-likeness (QED) is 0.771. The molecule has 1 rings (SSSR count). The van der Waals surface area contributed by atoms with Gasteiger partial charge in [0.25, 0.3) is 0 Å². The minimum absolute atomic E-state index is 0.0925. The van der Waals surface area contributed by atoms with Gasteiger partial charge in [0.1, 0.15) is 0 Å². The van der Waals surface area contributed by atoms with Gasteiger partial charge in [0, 0.05) is 6.04 Å². The SMILES string of the molecule is CC(NCCCCN)c1cccc(C(F)(F)F)c1. The second-order valence-electron chi connectivity index (χ2n) is 4.29. The fraction of sp³-hybridized carbons (Fsp3) is 0.538. The van der Waals surface area contributed by atoms with Gasteiger partial charge < -0.3 is 11.1 Å². The minimum atomic E-state index is -4.28. The lowest BCUT2D eigenvalue weighted by Gasteiger charge is -2.16. The monoisotopic (exact) mass is 260 g/mol. The van der Waals surface area contributed by atoms with Gasteiger partial charge >= 0.3 is 6.18 Å². The Morgan fingerprint density at radius 2 is 2.00 bits per heavy atom. The summed E-state index contributed by atoms with van der Waals surface area (Å²) in [7, 11) is 0. The number of hydrogen-bond acceptors (Lipinski definition) is 2. The topological polar surface area (TPSA) is 38.0 Å². The summed E-state index contributed by atoms with van der Waals surface area (Å²) >= 11 is 0. The second kappa shape index (κ2) is 6.75. The van der Waals surface area contributed by atoms with Crippen molar-refractivity contribution in [3.8, 4) is 0 Å². The maximum absolute atomic E-state index is 12.5. The Labute approximate surface area is 105 Å². The van der Waals surface area contributed by atoms with Gasteiger partial charge in [-0.15, -0.1) is 0 Å². The maximum Gasteiger partial charge on any atom is 0.416 e. The Bertz CT molecular complexity index is 363. The van der Waals surface area contributed by atoms with E-state index in [0.717, 1.165) is 25.5 Å². The Kier molecular flexibility index (Phi) is 5.62. The number of unbranched alkanes of at least 4 members (excludes halogenated alkanes) is 1. The van der Waals surface area contributed by atoms with Crippen molar-refractivity contribution in [1.29, 1.82) is 0 Å². The van der Waals surface area contributed by atoms with Crippen LogP contribution in [0.15, 0.2) is 24.3 Å². The van der Waals surface area contributed by atoms with E-state index in [9.17, 15) is 13.2 Å². The average molecular weight is 260 g/mol. The highest BCUT2D eigenvalue weighted by Crippen LogP contribution is 2.30. The molecule has 18 heavy (non-hydrogen) atoms. The molecule has 2 nitrogen and oxygen atoms in total. The standard InChI is InChI=1S/C13H19F3N2/c1-10(18-8-3-2-7-17)11-5-4-6-12(9-11)13(14,15)16/h4-6,9-10,18H,2-3,7-8,17H2,1H3. The summed E-state index contributed by atoms with van der Waals surface area (Å²) in [5.74, 6) is 0. The predicted molar refractivity (Wildman–Crippen MR) is 66.2 cm³/mol. The zero-order valence-electron chi connectivity index (χ0n) is 10.4. The first-order valence-corrected chi connectivity index (χ1v) is 6.05. The summed E-state index contributed by atoms with van der Waals surface area (Å²) in [6.45, 7) is 3.26. The summed E-state index contributed by atoms with van der Waals surface area (Å²) in [5.41, 5.74) is 5.42. The van der Waals surface area contributed by atoms with Gasteiger partial charge in [0.05, 0.1) is 5.56 Å². The first-order valence-electron chi connectivity index (χ1n) is 6.05. The molecule has 1 atom stereocenters. The van der Waals surface area contributed by atoms with Gasteiger partial charge in [-0.1, -0.05) is 12.1 Å². The van der Waals surface area contributed by atoms with Gasteiger partial charge in [-0.3, -0.25) is 0 Å². The van der Waals surface area contributed by atoms with Gasteiger partial charge in [0.15, 0.2) is 0 Å². The van der Waals surface area contributed by atoms with E-state index < -0.39 is 11.7 Å². The number of halogens is 3. The molecule has 0 heterocycles. The maximum atomic E-state index is 12.5. The summed E-state index contributed by atoms with van der Waals surface area (Å²) in [6, 6.07) is 5.34. The average Bonchev–Trinajstić information content (AvgIpc) is 2.33. The molecule has 1 unspecified atom stereocenters. The lowest BCUT2D eigenvalue weighted by molar-refractivity contribution is -0.137. The molecule has 0 bridgehead atoms. The molecule has 0 amide bonds. The molecule has 1 aromatic carbocycles. The number of nitrogens with one attached hydrogen (secondary N) is 1. The molecule has 102 valence electrons. The third-order valence-corrected chi connectivity index (χ3v) is 2.80. The van der Waals surface area contributed by atoms with Crippen LogP contribution in [0.5, 0.6) is 0 Å². The number of rotatable bonds is 6. The Morgan fingerprint density at radius 1 is 1.28 bits per heavy atom. The molecule has 0 aliphatic carbocycles. The number of hydrogen-bond donors (Lipinski definition) is 2. The summed E-state index contributed by atoms with van der Waals surface area (Å²) in [5, 5.41) is 3.19. The minimum Gasteiger partial charge on any atom is -0.330 e. The molecule has 0 radical (unpaired) electrons. The molecule has 3 N–H and O–H groups in total. The van der Waals surface area contributed by atoms with Crippen molar-refractivity contribution in [2.24, 2.45) is 5.73 Å². The molecular formula is C13H19F3N2. The van der Waals surface area contributed by atoms with Crippen molar-refractivity contribution in [2.45, 2.75) is 32.0 Å². The number of nitrogens with two attached hydrogens (primary N) is 1. The smallest absolute Gasteiger partial charge is 0.330 e. The summed E-state index contributed by atoms with van der Waals surface area (Å²) in [6.07, 6.45) is -2.43. The predicted octanol–water partition coefficient (Wildman–Crippen LogP) is 3.09. The highest BCUT2D eigenvalue weighted by Gasteiger charge is 2.30. The first kappa shape index (κ1) is 15.0. The third kappa shape index (κ3) is 4.66. The summed E-state index contributed by atoms with van der Waals surface area (Å²) in [4.78, 5) is 0. The third-order valence-electron chi connectivity index (χ3n) is 2.80. The lowest BCUT2D eigenvalue weighted by atomic mass is 10.0. The van der Waals surface area contributed by atoms with Gasteiger partial charge in [-0.2, -0.15) is 13.2 Å². The van der Waals surface area contributed by atoms with E-state index in [2.05, 4.69) is 5.32 Å². The van der Waals surface area contributed by atoms with Gasteiger partial charge in [-0.05, 0) is 50.6 Å². The first-order chi connectivity index (χ1) is 8.45. The van der Waals surface area contributed by atoms with Gasteiger partial charge in [-0.25, -0.2) is 0 Å². The van der Waals surface area contributed by atoms with Crippen LogP contribution in [0, 0.1) is 0 Å². The van der Waals surface area contributed by atoms with E-state index >= 15 is 0 Å². The van der Waals surface area contributed by atoms with E-state index in [-0.39, 0.29) is 6.04 Å². The molecule has 0 spiro atoms. The molecule has 0 saturated heterocycles. The van der Waals surface area contributed by atoms with E-state index in [0.29, 0.717) is 12.1 Å². The van der Waals surface area contributed by atoms with E-state index in [1.807, 2.05) is 6.92 Å². The van der Waals surface area contributed by atoms with Crippen LogP contribution in [-0.2, 0) is 6.18 Å². The van der Waals surface area contributed by atoms with Crippen LogP contribution < -0.4 is 11.1 Å². The van der Waals surface area contributed by atoms with Crippen molar-refractivity contribution in [3.63, 3.8) is 0 Å². The second-order valence-corrected chi connectivity index (χ2v) is 4.29. The van der Waals surface area contributed by atoms with E-state index in [4.69, 9.17) is 5.73 Å². The Hall–Kier alpha value is -1.07. The Balaban J connectivity index is 2.60. The molecule has 0 fully saturated rings. The molecule has 0 aliphatic rings. The van der Waals surface area contributed by atoms with Crippen LogP contribution in [0.4, 0.5) is 13.2 Å². The molecule has 5 heteroatoms. The fourth-order valence-electron chi connectivity index (χ4n) is 1.69. The van der Waals surface area contributed by atoms with Crippen LogP contribution >= 0.6 is 0 Å². The highest BCUT2D eigenvalue weighted by molar-refractivity contribution is 5.27. The van der Waals surface area contributed by atoms with Crippen LogP contribution in [-0.4, -0.2) is 13.1 Å². The van der Waals surface area contributed by atoms with Crippen molar-refractivity contribution in [2.75, 3.05) is 13.1 Å². The highest BCUT2D eigenvalue weighted by atomic mass is 19.4. The van der Waals surface area contributed by atoms with Crippen LogP contribution in [0.25, 0.3) is 0 Å². The van der Waals surface area contributed by atoms with E-state index in [1.54, 1.807) is 6.07 Å². The van der Waals surface area contributed by atoms with Crippen LogP contribution in [0.2, 0.25) is 0 Å². The number of alkyl halides is 3. The molecule has 1 aromatic rings. The largest absolute Gasteiger partial charge is 0.416 e. The molecule has 0 saturated carbocycles. The van der Waals surface area contributed by atoms with Gasteiger partial charge in [0.2, 0.25) is 0 Å². The zero-order chi connectivity index (χ0) is 13.6. The Morgan fingerprint density at radius 3 is 2.61 bits per heavy atom. The zero-order valence-corrected chi connectivity index (χ0v) is 10.4. The van der Waals surface area contributed by atoms with Crippen molar-refractivity contribution < 1.29 is 13.2 Å². The molecular weight excluding hydrogens is 241 g/mol. The fourth-order valence-corrected chi connectivity index (χ4v) is 1.69. The van der Waals surface area contributed by atoms with Crippen LogP contribution in [0.3, 0.4) is 0 Å². The summed E-state index contributed by atoms with van der Waals surface area (Å²) < 4.78 is 37.6. The van der Waals surface area contributed by atoms with E-state index in [1.165, 1.54) is 12.1 Å². The number of benzene rings is 1. The van der Waals surface area contributed by atoms with Crippen molar-refractivity contribution >= 4 is 0 Å². The lowest BCUT2D eigenvalue weighted by Crippen LogP contribution is -2.21. The molecule has 0 aliphatic heterocycles. The van der Waals surface area contributed by atoms with Crippen molar-refractivity contribution in [3.05, 3.63) is 35.4 Å². The van der Waals surface area contributed by atoms with Crippen molar-refractivity contribution in [1.82, 2.24) is 5.32 Å². The normalized spacial score (nSPS) is 13.6. The molecule has 0 aromatic heterocycles. The van der Waals surface area contributed by atoms with Crippen LogP contribution in [0.1, 0.15) is 36.9 Å².